The van der Waals surface area contributed by atoms with Crippen LogP contribution >= 0.6 is 11.3 Å². The fourth-order valence-electron chi connectivity index (χ4n) is 5.24. The van der Waals surface area contributed by atoms with Crippen molar-refractivity contribution < 1.29 is 19.5 Å². The average Bonchev–Trinajstić information content (AvgIpc) is 3.55. The van der Waals surface area contributed by atoms with Crippen LogP contribution in [-0.2, 0) is 17.9 Å². The molecule has 0 spiro atoms. The van der Waals surface area contributed by atoms with Crippen molar-refractivity contribution in [3.05, 3.63) is 62.9 Å². The average molecular weight is 566 g/mol. The van der Waals surface area contributed by atoms with E-state index in [1.165, 1.54) is 16.2 Å². The van der Waals surface area contributed by atoms with E-state index in [9.17, 15) is 19.5 Å². The summed E-state index contributed by atoms with van der Waals surface area (Å²) in [5.41, 5.74) is 3.63. The Morgan fingerprint density at radius 3 is 2.30 bits per heavy atom. The molecule has 40 heavy (non-hydrogen) atoms. The molecule has 0 saturated carbocycles. The number of hydrogen-bond acceptors (Lipinski definition) is 7. The van der Waals surface area contributed by atoms with E-state index in [0.29, 0.717) is 24.5 Å². The van der Waals surface area contributed by atoms with Crippen molar-refractivity contribution in [3.63, 3.8) is 0 Å². The third kappa shape index (κ3) is 6.43. The van der Waals surface area contributed by atoms with E-state index in [-0.39, 0.29) is 30.2 Å². The largest absolute Gasteiger partial charge is 0.478 e. The van der Waals surface area contributed by atoms with Crippen LogP contribution in [0.25, 0.3) is 0 Å². The molecule has 1 saturated heterocycles. The maximum atomic E-state index is 14.0. The van der Waals surface area contributed by atoms with Gasteiger partial charge in [-0.1, -0.05) is 51.7 Å². The number of carbonyl (C=O) groups is 3. The first-order chi connectivity index (χ1) is 19.2. The molecular formula is C30H39N5O4S. The fraction of sp³-hybridized carbons (Fsp3) is 0.500. The van der Waals surface area contributed by atoms with Crippen LogP contribution in [0, 0.1) is 6.92 Å². The predicted molar refractivity (Wildman–Crippen MR) is 156 cm³/mol. The molecule has 1 aromatic heterocycles. The number of imide groups is 1. The lowest BCUT2D eigenvalue weighted by Gasteiger charge is -2.29. The van der Waals surface area contributed by atoms with Crippen LogP contribution in [0.15, 0.2) is 46.0 Å². The Kier molecular flexibility index (Phi) is 9.73. The van der Waals surface area contributed by atoms with Crippen molar-refractivity contribution in [1.29, 1.82) is 0 Å². The van der Waals surface area contributed by atoms with Gasteiger partial charge >= 0.3 is 12.0 Å². The smallest absolute Gasteiger partial charge is 0.335 e. The molecule has 3 amide bonds. The summed E-state index contributed by atoms with van der Waals surface area (Å²) in [6.45, 7) is 9.13. The van der Waals surface area contributed by atoms with Crippen molar-refractivity contribution in [2.75, 3.05) is 6.54 Å². The number of thiazole rings is 1. The summed E-state index contributed by atoms with van der Waals surface area (Å²) < 4.78 is 0. The van der Waals surface area contributed by atoms with E-state index in [4.69, 9.17) is 4.99 Å². The molecule has 2 aliphatic rings. The second-order valence-electron chi connectivity index (χ2n) is 10.4. The number of aliphatic imine (C=N–C) groups is 1. The van der Waals surface area contributed by atoms with Crippen LogP contribution < -0.4 is 0 Å². The lowest BCUT2D eigenvalue weighted by atomic mass is 10.1. The number of urea groups is 1. The Hall–Kier alpha value is -3.53. The van der Waals surface area contributed by atoms with Crippen molar-refractivity contribution in [1.82, 2.24) is 19.7 Å². The zero-order valence-electron chi connectivity index (χ0n) is 23.9. The molecule has 1 unspecified atom stereocenters. The van der Waals surface area contributed by atoms with E-state index in [1.807, 2.05) is 19.2 Å². The Morgan fingerprint density at radius 2 is 1.68 bits per heavy atom. The number of carboxylic acid groups (broad SMARTS) is 1. The molecule has 0 aliphatic carbocycles. The van der Waals surface area contributed by atoms with Crippen molar-refractivity contribution in [2.45, 2.75) is 91.9 Å². The van der Waals surface area contributed by atoms with Gasteiger partial charge in [0.15, 0.2) is 0 Å². The van der Waals surface area contributed by atoms with Crippen LogP contribution in [0.1, 0.15) is 92.3 Å². The number of unbranched alkanes of at least 4 members (excludes halogenated alkanes) is 4. The minimum Gasteiger partial charge on any atom is -0.478 e. The molecule has 3 heterocycles. The van der Waals surface area contributed by atoms with Gasteiger partial charge in [0.25, 0.3) is 5.91 Å². The van der Waals surface area contributed by atoms with Gasteiger partial charge in [-0.15, -0.1) is 11.3 Å². The molecule has 2 aliphatic heterocycles. The summed E-state index contributed by atoms with van der Waals surface area (Å²) in [4.78, 5) is 53.7. The number of aromatic carboxylic acids is 1. The van der Waals surface area contributed by atoms with Gasteiger partial charge in [0.2, 0.25) is 0 Å². The molecule has 4 rings (SSSR count). The summed E-state index contributed by atoms with van der Waals surface area (Å²) in [5.74, 6) is -1.27. The zero-order chi connectivity index (χ0) is 28.8. The van der Waals surface area contributed by atoms with Gasteiger partial charge in [-0.25, -0.2) is 14.6 Å². The van der Waals surface area contributed by atoms with E-state index in [1.54, 1.807) is 29.2 Å². The van der Waals surface area contributed by atoms with Gasteiger partial charge in [0.1, 0.15) is 11.9 Å². The van der Waals surface area contributed by atoms with Gasteiger partial charge < -0.3 is 10.0 Å². The number of aromatic nitrogens is 1. The highest BCUT2D eigenvalue weighted by Gasteiger charge is 2.46. The maximum Gasteiger partial charge on any atom is 0.335 e. The second-order valence-corrected chi connectivity index (χ2v) is 11.5. The number of nitrogens with zero attached hydrogens (tertiary/aromatic N) is 5. The van der Waals surface area contributed by atoms with E-state index in [2.05, 4.69) is 23.7 Å². The highest BCUT2D eigenvalue weighted by Crippen LogP contribution is 2.35. The monoisotopic (exact) mass is 565 g/mol. The van der Waals surface area contributed by atoms with Crippen LogP contribution in [0.5, 0.6) is 0 Å². The number of carbonyl (C=O) groups excluding carboxylic acids is 2. The third-order valence-corrected chi connectivity index (χ3v) is 8.15. The number of aryl methyl sites for hydroxylation is 1. The minimum atomic E-state index is -0.974. The zero-order valence-corrected chi connectivity index (χ0v) is 24.7. The number of rotatable bonds is 13. The van der Waals surface area contributed by atoms with Gasteiger partial charge in [0, 0.05) is 18.5 Å². The maximum absolute atomic E-state index is 14.0. The molecule has 0 radical (unpaired) electrons. The lowest BCUT2D eigenvalue weighted by Crippen LogP contribution is -2.34. The topological polar surface area (TPSA) is 106 Å². The van der Waals surface area contributed by atoms with Crippen molar-refractivity contribution >= 4 is 35.0 Å². The summed E-state index contributed by atoms with van der Waals surface area (Å²) in [6.07, 6.45) is 6.48. The first-order valence-corrected chi connectivity index (χ1v) is 15.0. The summed E-state index contributed by atoms with van der Waals surface area (Å²) in [5, 5.41) is 12.2. The molecule has 1 atom stereocenters. The lowest BCUT2D eigenvalue weighted by molar-refractivity contribution is -0.123. The van der Waals surface area contributed by atoms with Crippen LogP contribution in [-0.4, -0.2) is 61.1 Å². The Morgan fingerprint density at radius 1 is 0.950 bits per heavy atom. The molecular weight excluding hydrogens is 526 g/mol. The SMILES string of the molecule is CCCCCCN1C(=O)C(=C2C(C)=NC(CCCC)N2Cc2ccc(C(=O)O)cc2)N(Cc2csc(C)n2)C1=O. The standard InChI is InChI=1S/C30H39N5O4S/c1-5-7-9-10-16-33-28(36)27(35(30(33)39)18-24-19-40-21(4)32-24)26-20(3)31-25(11-8-6-2)34(26)17-22-12-14-23(15-13-22)29(37)38/h12-15,19,25H,5-11,16-18H2,1-4H3,(H,37,38). The first kappa shape index (κ1) is 29.5. The van der Waals surface area contributed by atoms with Gasteiger partial charge in [-0.3, -0.25) is 19.6 Å². The normalized spacial score (nSPS) is 19.2. The summed E-state index contributed by atoms with van der Waals surface area (Å²) in [7, 11) is 0. The molecule has 10 heteroatoms. The van der Waals surface area contributed by atoms with Crippen molar-refractivity contribution in [3.8, 4) is 0 Å². The number of carboxylic acids is 1. The number of allylic oxidation sites excluding steroid dienone is 1. The fourth-order valence-corrected chi connectivity index (χ4v) is 5.85. The second kappa shape index (κ2) is 13.2. The van der Waals surface area contributed by atoms with E-state index >= 15 is 0 Å². The quantitative estimate of drug-likeness (QED) is 0.176. The molecule has 1 fully saturated rings. The Balaban J connectivity index is 1.75. The molecule has 0 bridgehead atoms. The highest BCUT2D eigenvalue weighted by atomic mass is 32.1. The van der Waals surface area contributed by atoms with E-state index < -0.39 is 5.97 Å². The van der Waals surface area contributed by atoms with Crippen LogP contribution in [0.3, 0.4) is 0 Å². The van der Waals surface area contributed by atoms with Crippen LogP contribution in [0.2, 0.25) is 0 Å². The molecule has 2 aromatic rings. The Labute approximate surface area is 240 Å². The van der Waals surface area contributed by atoms with E-state index in [0.717, 1.165) is 66.9 Å². The Bertz CT molecular complexity index is 1300. The summed E-state index contributed by atoms with van der Waals surface area (Å²) in [6, 6.07) is 6.47. The van der Waals surface area contributed by atoms with Gasteiger partial charge in [0.05, 0.1) is 34.2 Å². The van der Waals surface area contributed by atoms with Crippen molar-refractivity contribution in [2.24, 2.45) is 4.99 Å². The molecule has 1 aromatic carbocycles. The number of benzene rings is 1. The predicted octanol–water partition coefficient (Wildman–Crippen LogP) is 6.20. The number of hydrogen-bond donors (Lipinski definition) is 1. The number of amides is 3. The van der Waals surface area contributed by atoms with Crippen LogP contribution in [0.4, 0.5) is 4.79 Å². The molecule has 1 N–H and O–H groups in total. The third-order valence-electron chi connectivity index (χ3n) is 7.33. The first-order valence-electron chi connectivity index (χ1n) is 14.2. The van der Waals surface area contributed by atoms with Gasteiger partial charge in [-0.2, -0.15) is 0 Å². The molecule has 214 valence electrons. The summed E-state index contributed by atoms with van der Waals surface area (Å²) >= 11 is 1.52. The minimum absolute atomic E-state index is 0.175. The highest BCUT2D eigenvalue weighted by molar-refractivity contribution is 7.09. The van der Waals surface area contributed by atoms with Gasteiger partial charge in [-0.05, 0) is 50.8 Å². The molecule has 9 nitrogen and oxygen atoms in total.